The molecule has 0 spiro atoms. The Labute approximate surface area is 344 Å². The normalized spacial score (nSPS) is 12.8. The maximum absolute atomic E-state index is 12.7. The van der Waals surface area contributed by atoms with E-state index in [2.05, 4.69) is 75.5 Å². The summed E-state index contributed by atoms with van der Waals surface area (Å²) in [6.07, 6.45) is 55.8. The molecule has 0 fully saturated rings. The molecule has 1 atom stereocenters. The van der Waals surface area contributed by atoms with Gasteiger partial charge in [0.05, 0.1) is 0 Å². The number of hydrogen-bond acceptors (Lipinski definition) is 6. The predicted octanol–water partition coefficient (Wildman–Crippen LogP) is 14.5. The van der Waals surface area contributed by atoms with Crippen molar-refractivity contribution in [3.63, 3.8) is 0 Å². The van der Waals surface area contributed by atoms with E-state index < -0.39 is 12.1 Å². The molecule has 0 saturated heterocycles. The van der Waals surface area contributed by atoms with Crippen LogP contribution < -0.4 is 0 Å². The second-order valence-corrected chi connectivity index (χ2v) is 14.7. The van der Waals surface area contributed by atoms with Crippen LogP contribution in [0.2, 0.25) is 0 Å². The van der Waals surface area contributed by atoms with Crippen molar-refractivity contribution in [2.24, 2.45) is 0 Å². The first kappa shape index (κ1) is 52.6. The van der Waals surface area contributed by atoms with Gasteiger partial charge in [0.15, 0.2) is 6.10 Å². The number of hydrogen-bond donors (Lipinski definition) is 0. The van der Waals surface area contributed by atoms with Gasteiger partial charge < -0.3 is 14.2 Å². The zero-order valence-electron chi connectivity index (χ0n) is 36.1. The highest BCUT2D eigenvalue weighted by atomic mass is 16.6. The zero-order valence-corrected chi connectivity index (χ0v) is 36.1. The van der Waals surface area contributed by atoms with Gasteiger partial charge in [-0.05, 0) is 77.0 Å². The number of allylic oxidation sites excluding steroid dienone is 14. The smallest absolute Gasteiger partial charge is 0.306 e. The minimum Gasteiger partial charge on any atom is -0.462 e. The lowest BCUT2D eigenvalue weighted by molar-refractivity contribution is -0.166. The molecule has 1 unspecified atom stereocenters. The number of carbonyl (C=O) groups excluding carboxylic acids is 3. The Morgan fingerprint density at radius 3 is 1.38 bits per heavy atom. The Kier molecular flexibility index (Phi) is 41.6. The van der Waals surface area contributed by atoms with Crippen molar-refractivity contribution < 1.29 is 28.6 Å². The van der Waals surface area contributed by atoms with E-state index in [4.69, 9.17) is 14.2 Å². The Morgan fingerprint density at radius 1 is 0.393 bits per heavy atom. The van der Waals surface area contributed by atoms with E-state index in [0.717, 1.165) is 96.3 Å². The van der Waals surface area contributed by atoms with Gasteiger partial charge in [0.25, 0.3) is 0 Å². The van der Waals surface area contributed by atoms with Crippen LogP contribution in [-0.4, -0.2) is 37.2 Å². The molecule has 0 aliphatic rings. The van der Waals surface area contributed by atoms with Gasteiger partial charge in [-0.1, -0.05) is 183 Å². The van der Waals surface area contributed by atoms with E-state index in [1.807, 2.05) is 30.4 Å². The van der Waals surface area contributed by atoms with Gasteiger partial charge in [0.2, 0.25) is 0 Å². The van der Waals surface area contributed by atoms with Crippen LogP contribution in [0.1, 0.15) is 194 Å². The van der Waals surface area contributed by atoms with Crippen molar-refractivity contribution in [3.05, 3.63) is 85.1 Å². The van der Waals surface area contributed by atoms with E-state index >= 15 is 0 Å². The van der Waals surface area contributed by atoms with Gasteiger partial charge in [0, 0.05) is 19.3 Å². The first-order valence-corrected chi connectivity index (χ1v) is 22.6. The molecule has 0 aliphatic heterocycles. The van der Waals surface area contributed by atoms with Gasteiger partial charge in [-0.25, -0.2) is 0 Å². The monoisotopic (exact) mass is 779 g/mol. The molecule has 0 aromatic heterocycles. The minimum absolute atomic E-state index is 0.114. The third kappa shape index (κ3) is 41.7. The summed E-state index contributed by atoms with van der Waals surface area (Å²) in [7, 11) is 0. The lowest BCUT2D eigenvalue weighted by Crippen LogP contribution is -2.30. The minimum atomic E-state index is -0.819. The average Bonchev–Trinajstić information content (AvgIpc) is 3.19. The molecular formula is C50H82O6. The topological polar surface area (TPSA) is 78.9 Å². The summed E-state index contributed by atoms with van der Waals surface area (Å²) in [6, 6.07) is 0. The zero-order chi connectivity index (χ0) is 40.8. The maximum atomic E-state index is 12.7. The molecule has 0 amide bonds. The Morgan fingerprint density at radius 2 is 0.821 bits per heavy atom. The summed E-state index contributed by atoms with van der Waals surface area (Å²) in [5.41, 5.74) is 0. The Bertz CT molecular complexity index is 1120. The van der Waals surface area contributed by atoms with E-state index in [1.54, 1.807) is 0 Å². The van der Waals surface area contributed by atoms with Crippen LogP contribution in [0.15, 0.2) is 85.1 Å². The summed E-state index contributed by atoms with van der Waals surface area (Å²) >= 11 is 0. The molecular weight excluding hydrogens is 697 g/mol. The second kappa shape index (κ2) is 44.3. The van der Waals surface area contributed by atoms with Gasteiger partial charge in [-0.2, -0.15) is 0 Å². The highest BCUT2D eigenvalue weighted by molar-refractivity contribution is 5.71. The summed E-state index contributed by atoms with van der Waals surface area (Å²) in [5, 5.41) is 0. The first-order valence-electron chi connectivity index (χ1n) is 22.6. The molecule has 0 heterocycles. The fourth-order valence-corrected chi connectivity index (χ4v) is 5.78. The van der Waals surface area contributed by atoms with Crippen molar-refractivity contribution in [2.45, 2.75) is 200 Å². The predicted molar refractivity (Wildman–Crippen MR) is 237 cm³/mol. The van der Waals surface area contributed by atoms with E-state index in [1.165, 1.54) is 51.4 Å². The standard InChI is InChI=1S/C50H82O6/c1-4-7-10-13-16-19-22-24-25-27-28-31-34-37-40-43-49(52)55-46-47(45-54-48(51)42-39-36-33-30-21-18-15-12-9-6-3)56-50(53)44-41-38-35-32-29-26-23-20-17-14-11-8-5-2/h7,10,13,15-16,18-19,22,24-26,29,35,38,47H,4-6,8-9,11-12,14,17,20-21,23,27-28,30-34,36-37,39-46H2,1-3H3/b10-7-,16-13-,18-15-,22-19-,25-24-,29-26-,38-35-. The first-order chi connectivity index (χ1) is 27.5. The van der Waals surface area contributed by atoms with E-state index in [-0.39, 0.29) is 31.6 Å². The molecule has 6 nitrogen and oxygen atoms in total. The van der Waals surface area contributed by atoms with Crippen LogP contribution in [0.5, 0.6) is 0 Å². The maximum Gasteiger partial charge on any atom is 0.306 e. The molecule has 0 bridgehead atoms. The van der Waals surface area contributed by atoms with Gasteiger partial charge in [-0.3, -0.25) is 14.4 Å². The molecule has 0 rings (SSSR count). The fourth-order valence-electron chi connectivity index (χ4n) is 5.78. The number of esters is 3. The molecule has 6 heteroatoms. The quantitative estimate of drug-likeness (QED) is 0.0203. The molecule has 0 radical (unpaired) electrons. The highest BCUT2D eigenvalue weighted by Crippen LogP contribution is 2.12. The molecule has 0 N–H and O–H groups in total. The summed E-state index contributed by atoms with van der Waals surface area (Å²) in [6.45, 7) is 6.34. The summed E-state index contributed by atoms with van der Waals surface area (Å²) < 4.78 is 16.6. The number of unbranched alkanes of at least 4 members (excludes halogenated alkanes) is 17. The Balaban J connectivity index is 4.51. The van der Waals surface area contributed by atoms with Crippen LogP contribution in [0.25, 0.3) is 0 Å². The van der Waals surface area contributed by atoms with Gasteiger partial charge in [0.1, 0.15) is 13.2 Å². The van der Waals surface area contributed by atoms with Crippen LogP contribution in [-0.2, 0) is 28.6 Å². The SMILES string of the molecule is CC\C=C/C=C\C=C/C=C\CCCCCCCC(=O)OCC(COC(=O)CCCCCC/C=C\CCCC)OC(=O)CC/C=C\C/C=C\CCCCCCCC. The van der Waals surface area contributed by atoms with Crippen molar-refractivity contribution >= 4 is 17.9 Å². The lowest BCUT2D eigenvalue weighted by atomic mass is 10.1. The summed E-state index contributed by atoms with van der Waals surface area (Å²) in [5.74, 6) is -1.03. The molecule has 0 aliphatic carbocycles. The van der Waals surface area contributed by atoms with Gasteiger partial charge in [-0.15, -0.1) is 0 Å². The molecule has 0 aromatic carbocycles. The van der Waals surface area contributed by atoms with Crippen molar-refractivity contribution in [3.8, 4) is 0 Å². The Hall–Kier alpha value is -3.41. The van der Waals surface area contributed by atoms with Crippen LogP contribution >= 0.6 is 0 Å². The molecule has 0 saturated carbocycles. The highest BCUT2D eigenvalue weighted by Gasteiger charge is 2.19. The third-order valence-corrected chi connectivity index (χ3v) is 9.21. The van der Waals surface area contributed by atoms with Crippen molar-refractivity contribution in [1.82, 2.24) is 0 Å². The van der Waals surface area contributed by atoms with Crippen molar-refractivity contribution in [1.29, 1.82) is 0 Å². The largest absolute Gasteiger partial charge is 0.462 e. The number of rotatable bonds is 39. The van der Waals surface area contributed by atoms with Crippen LogP contribution in [0, 0.1) is 0 Å². The number of carbonyl (C=O) groups is 3. The fraction of sp³-hybridized carbons (Fsp3) is 0.660. The van der Waals surface area contributed by atoms with Crippen molar-refractivity contribution in [2.75, 3.05) is 13.2 Å². The van der Waals surface area contributed by atoms with Gasteiger partial charge >= 0.3 is 17.9 Å². The van der Waals surface area contributed by atoms with E-state index in [0.29, 0.717) is 19.3 Å². The van der Waals surface area contributed by atoms with Crippen LogP contribution in [0.3, 0.4) is 0 Å². The average molecular weight is 779 g/mol. The van der Waals surface area contributed by atoms with Crippen LogP contribution in [0.4, 0.5) is 0 Å². The number of ether oxygens (including phenoxy) is 3. The molecule has 318 valence electrons. The molecule has 0 aromatic rings. The summed E-state index contributed by atoms with van der Waals surface area (Å²) in [4.78, 5) is 37.7. The van der Waals surface area contributed by atoms with E-state index in [9.17, 15) is 14.4 Å². The third-order valence-electron chi connectivity index (χ3n) is 9.21. The molecule has 56 heavy (non-hydrogen) atoms. The lowest BCUT2D eigenvalue weighted by Gasteiger charge is -2.18. The second-order valence-electron chi connectivity index (χ2n) is 14.7.